The van der Waals surface area contributed by atoms with Crippen LogP contribution in [0.2, 0.25) is 5.02 Å². The number of rotatable bonds is 4. The Labute approximate surface area is 152 Å². The topological polar surface area (TPSA) is 88.2 Å². The third kappa shape index (κ3) is 5.26. The number of nitrogens with one attached hydrogen (secondary N) is 2. The van der Waals surface area contributed by atoms with Crippen LogP contribution in [0.1, 0.15) is 36.7 Å². The predicted molar refractivity (Wildman–Crippen MR) is 98.5 cm³/mol. The largest absolute Gasteiger partial charge is 0.307 e. The van der Waals surface area contributed by atoms with E-state index in [1.807, 2.05) is 6.92 Å². The number of hydrogen-bond donors (Lipinski definition) is 2. The molecule has 0 aliphatic carbocycles. The average Bonchev–Trinajstić information content (AvgIpc) is 2.44. The highest BCUT2D eigenvalue weighted by Gasteiger charge is 2.25. The highest BCUT2D eigenvalue weighted by molar-refractivity contribution is 7.89. The van der Waals surface area contributed by atoms with Gasteiger partial charge >= 0.3 is 0 Å². The average molecular weight is 382 g/mol. The molecule has 0 fully saturated rings. The van der Waals surface area contributed by atoms with Crippen LogP contribution in [0.4, 0.5) is 5.82 Å². The van der Waals surface area contributed by atoms with Crippen LogP contribution in [0.25, 0.3) is 0 Å². The smallest absolute Gasteiger partial charge is 0.256 e. The van der Waals surface area contributed by atoms with E-state index in [2.05, 4.69) is 15.0 Å². The van der Waals surface area contributed by atoms with Gasteiger partial charge in [0.1, 0.15) is 10.7 Å². The van der Waals surface area contributed by atoms with Gasteiger partial charge < -0.3 is 5.32 Å². The molecule has 134 valence electrons. The second-order valence-electron chi connectivity index (χ2n) is 6.67. The number of nitrogens with zero attached hydrogens (tertiary/aromatic N) is 1. The highest BCUT2D eigenvalue weighted by atomic mass is 35.5. The molecule has 1 aromatic carbocycles. The van der Waals surface area contributed by atoms with Crippen LogP contribution < -0.4 is 10.0 Å². The molecule has 0 atom stereocenters. The number of benzene rings is 1. The van der Waals surface area contributed by atoms with Crippen molar-refractivity contribution in [3.05, 3.63) is 52.7 Å². The molecule has 2 N–H and O–H groups in total. The number of aryl methyl sites for hydroxylation is 1. The van der Waals surface area contributed by atoms with Crippen LogP contribution in [-0.4, -0.2) is 24.8 Å². The number of sulfonamides is 1. The Kier molecular flexibility index (Phi) is 5.51. The Balaban J connectivity index is 2.33. The lowest BCUT2D eigenvalue weighted by molar-refractivity contribution is 0.102. The van der Waals surface area contributed by atoms with E-state index in [0.717, 1.165) is 5.56 Å². The second kappa shape index (κ2) is 7.11. The minimum atomic E-state index is -3.86. The molecule has 6 nitrogen and oxygen atoms in total. The minimum Gasteiger partial charge on any atom is -0.307 e. The van der Waals surface area contributed by atoms with Gasteiger partial charge in [-0.05, 0) is 63.6 Å². The first-order chi connectivity index (χ1) is 11.5. The molecule has 25 heavy (non-hydrogen) atoms. The maximum absolute atomic E-state index is 12.5. The molecule has 2 rings (SSSR count). The van der Waals surface area contributed by atoms with Gasteiger partial charge in [-0.2, -0.15) is 0 Å². The van der Waals surface area contributed by atoms with Crippen molar-refractivity contribution in [3.8, 4) is 0 Å². The van der Waals surface area contributed by atoms with Crippen molar-refractivity contribution in [2.24, 2.45) is 0 Å². The SMILES string of the molecule is Cc1ccnc(NC(=O)c2ccc(Cl)c(S(=O)(=O)NC(C)(C)C)c2)c1. The lowest BCUT2D eigenvalue weighted by Gasteiger charge is -2.21. The third-order valence-corrected chi connectivity index (χ3v) is 5.32. The summed E-state index contributed by atoms with van der Waals surface area (Å²) in [7, 11) is -3.86. The van der Waals surface area contributed by atoms with Crippen molar-refractivity contribution in [3.63, 3.8) is 0 Å². The molecule has 0 aliphatic heterocycles. The molecule has 1 heterocycles. The molecular weight excluding hydrogens is 362 g/mol. The van der Waals surface area contributed by atoms with E-state index in [-0.39, 0.29) is 15.5 Å². The molecule has 0 saturated carbocycles. The van der Waals surface area contributed by atoms with Crippen LogP contribution in [0.5, 0.6) is 0 Å². The number of halogens is 1. The first kappa shape index (κ1) is 19.4. The van der Waals surface area contributed by atoms with Crippen molar-refractivity contribution in [1.29, 1.82) is 0 Å². The number of pyridine rings is 1. The standard InChI is InChI=1S/C17H20ClN3O3S/c1-11-7-8-19-15(9-11)20-16(22)12-5-6-13(18)14(10-12)25(23,24)21-17(2,3)4/h5-10,21H,1-4H3,(H,19,20,22). The van der Waals surface area contributed by atoms with E-state index in [1.165, 1.54) is 18.2 Å². The molecule has 0 aliphatic rings. The minimum absolute atomic E-state index is 0.0435. The monoisotopic (exact) mass is 381 g/mol. The Morgan fingerprint density at radius 2 is 1.84 bits per heavy atom. The van der Waals surface area contributed by atoms with Crippen LogP contribution in [0.3, 0.4) is 0 Å². The van der Waals surface area contributed by atoms with E-state index in [0.29, 0.717) is 5.82 Å². The number of amides is 1. The van der Waals surface area contributed by atoms with Crippen LogP contribution >= 0.6 is 11.6 Å². The van der Waals surface area contributed by atoms with Gasteiger partial charge in [0, 0.05) is 17.3 Å². The first-order valence-corrected chi connectivity index (χ1v) is 9.42. The molecule has 0 unspecified atom stereocenters. The quantitative estimate of drug-likeness (QED) is 0.849. The van der Waals surface area contributed by atoms with Gasteiger partial charge in [0.15, 0.2) is 0 Å². The zero-order valence-electron chi connectivity index (χ0n) is 14.4. The normalized spacial score (nSPS) is 12.0. The Morgan fingerprint density at radius 1 is 1.16 bits per heavy atom. The number of carbonyl (C=O) groups excluding carboxylic acids is 1. The van der Waals surface area contributed by atoms with Crippen molar-refractivity contribution in [1.82, 2.24) is 9.71 Å². The molecule has 0 spiro atoms. The van der Waals surface area contributed by atoms with Crippen molar-refractivity contribution < 1.29 is 13.2 Å². The van der Waals surface area contributed by atoms with E-state index in [1.54, 1.807) is 39.1 Å². The van der Waals surface area contributed by atoms with E-state index in [9.17, 15) is 13.2 Å². The molecule has 8 heteroatoms. The lowest BCUT2D eigenvalue weighted by Crippen LogP contribution is -2.40. The van der Waals surface area contributed by atoms with Gasteiger partial charge in [0.05, 0.1) is 5.02 Å². The predicted octanol–water partition coefficient (Wildman–Crippen LogP) is 3.37. The molecule has 0 bridgehead atoms. The van der Waals surface area contributed by atoms with Gasteiger partial charge in [0.25, 0.3) is 5.91 Å². The molecule has 1 aromatic heterocycles. The summed E-state index contributed by atoms with van der Waals surface area (Å²) in [5.41, 5.74) is 0.437. The lowest BCUT2D eigenvalue weighted by atomic mass is 10.1. The summed E-state index contributed by atoms with van der Waals surface area (Å²) in [5, 5.41) is 2.68. The Bertz CT molecular complexity index is 906. The van der Waals surface area contributed by atoms with Crippen LogP contribution in [0.15, 0.2) is 41.4 Å². The number of carbonyl (C=O) groups is 1. The van der Waals surface area contributed by atoms with Gasteiger partial charge in [-0.3, -0.25) is 4.79 Å². The number of anilines is 1. The summed E-state index contributed by atoms with van der Waals surface area (Å²) >= 11 is 6.03. The zero-order valence-corrected chi connectivity index (χ0v) is 16.0. The molecule has 0 radical (unpaired) electrons. The third-order valence-electron chi connectivity index (χ3n) is 3.08. The molecule has 0 saturated heterocycles. The van der Waals surface area contributed by atoms with Crippen LogP contribution in [-0.2, 0) is 10.0 Å². The van der Waals surface area contributed by atoms with Gasteiger partial charge in [-0.1, -0.05) is 11.6 Å². The second-order valence-corrected chi connectivity index (χ2v) is 8.73. The van der Waals surface area contributed by atoms with Crippen molar-refractivity contribution >= 4 is 33.3 Å². The van der Waals surface area contributed by atoms with Crippen LogP contribution in [0, 0.1) is 6.92 Å². The number of aromatic nitrogens is 1. The fourth-order valence-electron chi connectivity index (χ4n) is 2.10. The summed E-state index contributed by atoms with van der Waals surface area (Å²) in [4.78, 5) is 16.3. The first-order valence-electron chi connectivity index (χ1n) is 7.55. The van der Waals surface area contributed by atoms with E-state index >= 15 is 0 Å². The summed E-state index contributed by atoms with van der Waals surface area (Å²) in [6.45, 7) is 7.04. The van der Waals surface area contributed by atoms with Crippen molar-refractivity contribution in [2.45, 2.75) is 38.1 Å². The van der Waals surface area contributed by atoms with Gasteiger partial charge in [0.2, 0.25) is 10.0 Å². The van der Waals surface area contributed by atoms with E-state index in [4.69, 9.17) is 11.6 Å². The van der Waals surface area contributed by atoms with Crippen molar-refractivity contribution in [2.75, 3.05) is 5.32 Å². The summed E-state index contributed by atoms with van der Waals surface area (Å²) in [6.07, 6.45) is 1.58. The molecule has 2 aromatic rings. The summed E-state index contributed by atoms with van der Waals surface area (Å²) < 4.78 is 27.5. The maximum Gasteiger partial charge on any atom is 0.256 e. The molecular formula is C17H20ClN3O3S. The van der Waals surface area contributed by atoms with Gasteiger partial charge in [-0.15, -0.1) is 0 Å². The fourth-order valence-corrected chi connectivity index (χ4v) is 4.05. The fraction of sp³-hybridized carbons (Fsp3) is 0.294. The highest BCUT2D eigenvalue weighted by Crippen LogP contribution is 2.24. The van der Waals surface area contributed by atoms with E-state index < -0.39 is 21.5 Å². The summed E-state index contributed by atoms with van der Waals surface area (Å²) in [6, 6.07) is 7.62. The Hall–Kier alpha value is -1.96. The molecule has 1 amide bonds. The zero-order chi connectivity index (χ0) is 18.8. The number of hydrogen-bond acceptors (Lipinski definition) is 4. The van der Waals surface area contributed by atoms with Gasteiger partial charge in [-0.25, -0.2) is 18.1 Å². The Morgan fingerprint density at radius 3 is 2.44 bits per heavy atom. The summed E-state index contributed by atoms with van der Waals surface area (Å²) in [5.74, 6) is -0.0841. The maximum atomic E-state index is 12.5.